The lowest BCUT2D eigenvalue weighted by Crippen LogP contribution is -2.43. The maximum atomic E-state index is 13.2. The van der Waals surface area contributed by atoms with Gasteiger partial charge in [-0.3, -0.25) is 9.59 Å². The number of amides is 2. The molecule has 2 aromatic heterocycles. The lowest BCUT2D eigenvalue weighted by atomic mass is 9.98. The van der Waals surface area contributed by atoms with E-state index in [-0.39, 0.29) is 29.2 Å². The second-order valence-corrected chi connectivity index (χ2v) is 13.4. The molecule has 0 bridgehead atoms. The molecule has 0 aliphatic carbocycles. The van der Waals surface area contributed by atoms with Gasteiger partial charge in [0.1, 0.15) is 9.21 Å². The van der Waals surface area contributed by atoms with E-state index >= 15 is 0 Å². The van der Waals surface area contributed by atoms with E-state index in [9.17, 15) is 22.8 Å². The minimum atomic E-state index is -3.75. The number of carbonyl (C=O) groups excluding carboxylic acids is 3. The summed E-state index contributed by atoms with van der Waals surface area (Å²) in [6, 6.07) is 3.01. The fourth-order valence-corrected chi connectivity index (χ4v) is 8.75. The Bertz CT molecular complexity index is 1260. The van der Waals surface area contributed by atoms with Crippen molar-refractivity contribution in [3.05, 3.63) is 32.5 Å². The summed E-state index contributed by atoms with van der Waals surface area (Å²) in [7, 11) is -3.75. The molecule has 0 spiro atoms. The van der Waals surface area contributed by atoms with Crippen molar-refractivity contribution < 1.29 is 27.5 Å². The lowest BCUT2D eigenvalue weighted by molar-refractivity contribution is -0.129. The molecular weight excluding hydrogens is 534 g/mol. The van der Waals surface area contributed by atoms with Crippen LogP contribution in [0.2, 0.25) is 4.34 Å². The summed E-state index contributed by atoms with van der Waals surface area (Å²) in [5.41, 5.74) is 1.13. The number of hydrogen-bond acceptors (Lipinski definition) is 8. The highest BCUT2D eigenvalue weighted by Crippen LogP contribution is 2.38. The third kappa shape index (κ3) is 5.41. The van der Waals surface area contributed by atoms with Gasteiger partial charge < -0.3 is 15.0 Å². The lowest BCUT2D eigenvalue weighted by Gasteiger charge is -2.30. The summed E-state index contributed by atoms with van der Waals surface area (Å²) in [5.74, 6) is -1.49. The van der Waals surface area contributed by atoms with Crippen LogP contribution in [0.3, 0.4) is 0 Å². The Balaban J connectivity index is 1.55. The van der Waals surface area contributed by atoms with Crippen molar-refractivity contribution in [2.24, 2.45) is 5.92 Å². The minimum Gasteiger partial charge on any atom is -0.462 e. The van der Waals surface area contributed by atoms with Crippen molar-refractivity contribution in [2.45, 2.75) is 43.9 Å². The molecule has 4 heterocycles. The second-order valence-electron chi connectivity index (χ2n) is 8.37. The molecule has 4 rings (SSSR count). The van der Waals surface area contributed by atoms with E-state index in [0.717, 1.165) is 21.8 Å². The van der Waals surface area contributed by atoms with Crippen molar-refractivity contribution in [3.8, 4) is 0 Å². The average Bonchev–Trinajstić information content (AvgIpc) is 3.42. The molecule has 1 saturated heterocycles. The number of carbonyl (C=O) groups is 3. The van der Waals surface area contributed by atoms with Gasteiger partial charge >= 0.3 is 5.97 Å². The van der Waals surface area contributed by atoms with Crippen LogP contribution in [-0.4, -0.2) is 61.6 Å². The van der Waals surface area contributed by atoms with Crippen LogP contribution in [0.25, 0.3) is 0 Å². The number of thiophene rings is 2. The van der Waals surface area contributed by atoms with Crippen LogP contribution >= 0.6 is 34.3 Å². The number of nitrogens with zero attached hydrogens (tertiary/aromatic N) is 2. The Labute approximate surface area is 217 Å². The van der Waals surface area contributed by atoms with Crippen LogP contribution in [0, 0.1) is 5.92 Å². The van der Waals surface area contributed by atoms with Gasteiger partial charge in [0.2, 0.25) is 11.8 Å². The number of ether oxygens (including phenoxy) is 1. The molecule has 2 aliphatic rings. The normalized spacial score (nSPS) is 18.7. The Morgan fingerprint density at radius 3 is 2.66 bits per heavy atom. The molecular formula is C22H26ClN3O6S3. The van der Waals surface area contributed by atoms with Crippen molar-refractivity contribution in [1.82, 2.24) is 9.21 Å². The maximum Gasteiger partial charge on any atom is 0.341 e. The topological polar surface area (TPSA) is 113 Å². The summed E-state index contributed by atoms with van der Waals surface area (Å²) in [5, 5.41) is 3.26. The van der Waals surface area contributed by atoms with Crippen molar-refractivity contribution >= 4 is 67.1 Å². The number of anilines is 1. The number of esters is 1. The van der Waals surface area contributed by atoms with E-state index in [2.05, 4.69) is 5.32 Å². The van der Waals surface area contributed by atoms with Gasteiger partial charge in [-0.1, -0.05) is 11.6 Å². The summed E-state index contributed by atoms with van der Waals surface area (Å²) < 4.78 is 33.1. The number of halogens is 1. The highest BCUT2D eigenvalue weighted by molar-refractivity contribution is 7.91. The van der Waals surface area contributed by atoms with Gasteiger partial charge in [-0.15, -0.1) is 22.7 Å². The number of sulfonamides is 1. The number of nitrogens with one attached hydrogen (secondary N) is 1. The average molecular weight is 560 g/mol. The van der Waals surface area contributed by atoms with Gasteiger partial charge in [0, 0.05) is 31.4 Å². The molecule has 35 heavy (non-hydrogen) atoms. The molecule has 0 saturated carbocycles. The van der Waals surface area contributed by atoms with Crippen LogP contribution in [-0.2, 0) is 37.3 Å². The van der Waals surface area contributed by atoms with E-state index < -0.39 is 21.9 Å². The van der Waals surface area contributed by atoms with Crippen LogP contribution in [0.4, 0.5) is 5.00 Å². The van der Waals surface area contributed by atoms with Crippen LogP contribution in [0.15, 0.2) is 16.3 Å². The first kappa shape index (κ1) is 26.1. The van der Waals surface area contributed by atoms with E-state index in [1.54, 1.807) is 11.8 Å². The number of fused-ring (bicyclic) bond motifs is 1. The number of piperidine rings is 1. The first-order chi connectivity index (χ1) is 16.6. The van der Waals surface area contributed by atoms with Gasteiger partial charge in [0.05, 0.1) is 29.0 Å². The summed E-state index contributed by atoms with van der Waals surface area (Å²) in [6.07, 6.45) is 1.56. The van der Waals surface area contributed by atoms with Gasteiger partial charge in [-0.05, 0) is 43.9 Å². The van der Waals surface area contributed by atoms with E-state index in [4.69, 9.17) is 16.3 Å². The predicted octanol–water partition coefficient (Wildman–Crippen LogP) is 3.58. The van der Waals surface area contributed by atoms with Crippen LogP contribution < -0.4 is 5.32 Å². The molecule has 1 unspecified atom stereocenters. The predicted molar refractivity (Wildman–Crippen MR) is 135 cm³/mol. The van der Waals surface area contributed by atoms with Crippen LogP contribution in [0.1, 0.15) is 47.5 Å². The largest absolute Gasteiger partial charge is 0.462 e. The van der Waals surface area contributed by atoms with E-state index in [1.165, 1.54) is 34.7 Å². The molecule has 9 nitrogen and oxygen atoms in total. The summed E-state index contributed by atoms with van der Waals surface area (Å²) >= 11 is 8.17. The molecule has 13 heteroatoms. The standard InChI is InChI=1S/C22H26ClN3O6S3/c1-3-32-22(29)19-15-8-10-25(13(2)27)12-16(15)33-21(19)24-20(28)14-5-4-9-26(11-14)35(30,31)18-7-6-17(23)34-18/h6-7,14H,3-5,8-12H2,1-2H3,(H,24,28). The summed E-state index contributed by atoms with van der Waals surface area (Å²) in [6.45, 7) is 4.63. The molecule has 1 N–H and O–H groups in total. The van der Waals surface area contributed by atoms with Gasteiger partial charge in [0.15, 0.2) is 0 Å². The van der Waals surface area contributed by atoms with Crippen molar-refractivity contribution in [2.75, 3.05) is 31.6 Å². The molecule has 190 valence electrons. The minimum absolute atomic E-state index is 0.0433. The van der Waals surface area contributed by atoms with Gasteiger partial charge in [0.25, 0.3) is 10.0 Å². The highest BCUT2D eigenvalue weighted by Gasteiger charge is 2.36. The molecule has 1 atom stereocenters. The molecule has 2 aromatic rings. The Kier molecular flexibility index (Phi) is 7.86. The zero-order valence-corrected chi connectivity index (χ0v) is 22.5. The monoisotopic (exact) mass is 559 g/mol. The van der Waals surface area contributed by atoms with Crippen molar-refractivity contribution in [3.63, 3.8) is 0 Å². The Morgan fingerprint density at radius 2 is 2.00 bits per heavy atom. The van der Waals surface area contributed by atoms with Gasteiger partial charge in [-0.25, -0.2) is 13.2 Å². The fraction of sp³-hybridized carbons (Fsp3) is 0.500. The maximum absolute atomic E-state index is 13.2. The third-order valence-electron chi connectivity index (χ3n) is 6.12. The molecule has 2 aliphatic heterocycles. The highest BCUT2D eigenvalue weighted by atomic mass is 35.5. The fourth-order valence-electron chi connectivity index (χ4n) is 4.33. The molecule has 2 amide bonds. The first-order valence-electron chi connectivity index (χ1n) is 11.2. The zero-order chi connectivity index (χ0) is 25.3. The van der Waals surface area contributed by atoms with E-state index in [0.29, 0.717) is 53.8 Å². The third-order valence-corrected chi connectivity index (χ3v) is 10.8. The smallest absolute Gasteiger partial charge is 0.341 e. The Morgan fingerprint density at radius 1 is 1.23 bits per heavy atom. The molecule has 0 radical (unpaired) electrons. The first-order valence-corrected chi connectivity index (χ1v) is 14.7. The molecule has 0 aromatic carbocycles. The SMILES string of the molecule is CCOC(=O)c1c(NC(=O)C2CCCN(S(=O)(=O)c3ccc(Cl)s3)C2)sc2c1CCN(C(C)=O)C2. The van der Waals surface area contributed by atoms with Gasteiger partial charge in [-0.2, -0.15) is 4.31 Å². The Hall–Kier alpha value is -1.99. The second kappa shape index (κ2) is 10.6. The molecule has 1 fully saturated rings. The number of rotatable bonds is 6. The van der Waals surface area contributed by atoms with Crippen LogP contribution in [0.5, 0.6) is 0 Å². The van der Waals surface area contributed by atoms with E-state index in [1.807, 2.05) is 0 Å². The summed E-state index contributed by atoms with van der Waals surface area (Å²) in [4.78, 5) is 40.4. The zero-order valence-electron chi connectivity index (χ0n) is 19.3. The van der Waals surface area contributed by atoms with Crippen molar-refractivity contribution in [1.29, 1.82) is 0 Å². The number of hydrogen-bond donors (Lipinski definition) is 1. The quantitative estimate of drug-likeness (QED) is 0.541.